The Morgan fingerprint density at radius 3 is 2.63 bits per heavy atom. The predicted octanol–water partition coefficient (Wildman–Crippen LogP) is 3.70. The van der Waals surface area contributed by atoms with Crippen LogP contribution in [0.15, 0.2) is 41.2 Å². The summed E-state index contributed by atoms with van der Waals surface area (Å²) in [6.07, 6.45) is -0.968. The quantitative estimate of drug-likeness (QED) is 0.795. The minimum atomic E-state index is -4.41. The molecule has 0 aliphatic carbocycles. The maximum absolute atomic E-state index is 12.0. The van der Waals surface area contributed by atoms with E-state index in [9.17, 15) is 18.0 Å². The van der Waals surface area contributed by atoms with Crippen molar-refractivity contribution in [2.45, 2.75) is 6.18 Å². The number of furan rings is 1. The van der Waals surface area contributed by atoms with Crippen molar-refractivity contribution in [2.24, 2.45) is 0 Å². The molecule has 1 aromatic heterocycles. The highest BCUT2D eigenvalue weighted by Gasteiger charge is 2.28. The van der Waals surface area contributed by atoms with Gasteiger partial charge in [0.1, 0.15) is 5.75 Å². The van der Waals surface area contributed by atoms with Gasteiger partial charge in [0.25, 0.3) is 0 Å². The second-order valence-corrected chi connectivity index (χ2v) is 3.78. The minimum absolute atomic E-state index is 0.00771. The molecule has 3 nitrogen and oxygen atoms in total. The number of carbonyl (C=O) groups excluding carboxylic acids is 1. The summed E-state index contributed by atoms with van der Waals surface area (Å²) >= 11 is 0. The highest BCUT2D eigenvalue weighted by Crippen LogP contribution is 2.27. The van der Waals surface area contributed by atoms with Crippen molar-refractivity contribution in [3.63, 3.8) is 0 Å². The number of hydrogen-bond donors (Lipinski definition) is 0. The normalized spacial score (nSPS) is 11.3. The lowest BCUT2D eigenvalue weighted by atomic mass is 10.0. The number of hydrogen-bond acceptors (Lipinski definition) is 3. The van der Waals surface area contributed by atoms with Gasteiger partial charge in [-0.1, -0.05) is 0 Å². The Hall–Kier alpha value is -2.24. The van der Waals surface area contributed by atoms with Crippen LogP contribution in [-0.4, -0.2) is 19.1 Å². The topological polar surface area (TPSA) is 39.4 Å². The Labute approximate surface area is 106 Å². The molecule has 0 spiro atoms. The zero-order valence-corrected chi connectivity index (χ0v) is 9.61. The molecule has 0 aliphatic rings. The van der Waals surface area contributed by atoms with Crippen molar-refractivity contribution in [1.82, 2.24) is 0 Å². The van der Waals surface area contributed by atoms with E-state index in [0.29, 0.717) is 17.4 Å². The van der Waals surface area contributed by atoms with Gasteiger partial charge in [0.15, 0.2) is 12.9 Å². The second-order valence-electron chi connectivity index (χ2n) is 3.78. The van der Waals surface area contributed by atoms with E-state index in [1.54, 1.807) is 6.07 Å². The SMILES string of the molecule is O=Cc1cc(OCC(F)(F)F)ccc1-c1ccoc1. The van der Waals surface area contributed by atoms with E-state index in [1.165, 1.54) is 30.7 Å². The standard InChI is InChI=1S/C13H9F3O3/c14-13(15,16)8-19-11-1-2-12(10(5-11)6-17)9-3-4-18-7-9/h1-7H,8H2. The minimum Gasteiger partial charge on any atom is -0.484 e. The smallest absolute Gasteiger partial charge is 0.422 e. The third-order valence-corrected chi connectivity index (χ3v) is 2.38. The molecule has 1 heterocycles. The highest BCUT2D eigenvalue weighted by molar-refractivity contribution is 5.88. The van der Waals surface area contributed by atoms with E-state index in [0.717, 1.165) is 0 Å². The number of ether oxygens (including phenoxy) is 1. The molecule has 19 heavy (non-hydrogen) atoms. The molecule has 0 radical (unpaired) electrons. The molecule has 6 heteroatoms. The Morgan fingerprint density at radius 1 is 1.26 bits per heavy atom. The number of alkyl halides is 3. The van der Waals surface area contributed by atoms with Crippen LogP contribution in [0, 0.1) is 0 Å². The Kier molecular flexibility index (Phi) is 3.59. The number of benzene rings is 1. The van der Waals surface area contributed by atoms with Crippen LogP contribution in [0.2, 0.25) is 0 Å². The van der Waals surface area contributed by atoms with E-state index in [4.69, 9.17) is 4.42 Å². The summed E-state index contributed by atoms with van der Waals surface area (Å²) in [7, 11) is 0. The molecular weight excluding hydrogens is 261 g/mol. The number of halogens is 3. The summed E-state index contributed by atoms with van der Waals surface area (Å²) in [5.74, 6) is -0.00771. The first-order valence-corrected chi connectivity index (χ1v) is 5.31. The average Bonchev–Trinajstić information content (AvgIpc) is 2.88. The van der Waals surface area contributed by atoms with Gasteiger partial charge in [-0.25, -0.2) is 0 Å². The lowest BCUT2D eigenvalue weighted by Crippen LogP contribution is -2.19. The molecule has 0 amide bonds. The molecule has 0 saturated carbocycles. The average molecular weight is 270 g/mol. The second kappa shape index (κ2) is 5.17. The predicted molar refractivity (Wildman–Crippen MR) is 61.1 cm³/mol. The van der Waals surface area contributed by atoms with Gasteiger partial charge in [-0.2, -0.15) is 13.2 Å². The van der Waals surface area contributed by atoms with Crippen molar-refractivity contribution in [1.29, 1.82) is 0 Å². The molecular formula is C13H9F3O3. The van der Waals surface area contributed by atoms with Gasteiger partial charge < -0.3 is 9.15 Å². The van der Waals surface area contributed by atoms with Crippen LogP contribution >= 0.6 is 0 Å². The first kappa shape index (κ1) is 13.2. The third kappa shape index (κ3) is 3.37. The van der Waals surface area contributed by atoms with Crippen LogP contribution in [0.5, 0.6) is 5.75 Å². The zero-order valence-electron chi connectivity index (χ0n) is 9.61. The molecule has 2 aromatic rings. The van der Waals surface area contributed by atoms with E-state index >= 15 is 0 Å². The van der Waals surface area contributed by atoms with Crippen molar-refractivity contribution in [3.05, 3.63) is 42.4 Å². The van der Waals surface area contributed by atoms with Gasteiger partial charge in [0.05, 0.1) is 12.5 Å². The van der Waals surface area contributed by atoms with Gasteiger partial charge in [0, 0.05) is 11.1 Å². The largest absolute Gasteiger partial charge is 0.484 e. The first-order valence-electron chi connectivity index (χ1n) is 5.31. The van der Waals surface area contributed by atoms with Gasteiger partial charge in [-0.05, 0) is 29.8 Å². The van der Waals surface area contributed by atoms with E-state index < -0.39 is 12.8 Å². The van der Waals surface area contributed by atoms with Crippen LogP contribution in [0.25, 0.3) is 11.1 Å². The summed E-state index contributed by atoms with van der Waals surface area (Å²) < 4.78 is 45.5. The van der Waals surface area contributed by atoms with Gasteiger partial charge in [0.2, 0.25) is 0 Å². The summed E-state index contributed by atoms with van der Waals surface area (Å²) in [6.45, 7) is -1.39. The number of aldehydes is 1. The molecule has 2 rings (SSSR count). The van der Waals surface area contributed by atoms with Gasteiger partial charge in [-0.3, -0.25) is 4.79 Å². The van der Waals surface area contributed by atoms with Crippen LogP contribution in [0.4, 0.5) is 13.2 Å². The molecule has 100 valence electrons. The number of carbonyl (C=O) groups is 1. The van der Waals surface area contributed by atoms with Gasteiger partial charge >= 0.3 is 6.18 Å². The van der Waals surface area contributed by atoms with Crippen molar-refractivity contribution < 1.29 is 27.1 Å². The van der Waals surface area contributed by atoms with Crippen LogP contribution in [-0.2, 0) is 0 Å². The Bertz CT molecular complexity index is 559. The summed E-state index contributed by atoms with van der Waals surface area (Å²) in [6, 6.07) is 5.81. The summed E-state index contributed by atoms with van der Waals surface area (Å²) in [5, 5.41) is 0. The van der Waals surface area contributed by atoms with Crippen molar-refractivity contribution in [2.75, 3.05) is 6.61 Å². The number of rotatable bonds is 4. The lowest BCUT2D eigenvalue weighted by Gasteiger charge is -2.10. The maximum atomic E-state index is 12.0. The summed E-state index contributed by atoms with van der Waals surface area (Å²) in [4.78, 5) is 11.0. The van der Waals surface area contributed by atoms with Crippen molar-refractivity contribution >= 4 is 6.29 Å². The fraction of sp³-hybridized carbons (Fsp3) is 0.154. The third-order valence-electron chi connectivity index (χ3n) is 2.38. The fourth-order valence-electron chi connectivity index (χ4n) is 1.57. The molecule has 0 atom stereocenters. The van der Waals surface area contributed by atoms with E-state index in [-0.39, 0.29) is 11.3 Å². The van der Waals surface area contributed by atoms with E-state index in [2.05, 4.69) is 4.74 Å². The van der Waals surface area contributed by atoms with Crippen LogP contribution < -0.4 is 4.74 Å². The van der Waals surface area contributed by atoms with Crippen LogP contribution in [0.3, 0.4) is 0 Å². The molecule has 0 N–H and O–H groups in total. The molecule has 0 saturated heterocycles. The fourth-order valence-corrected chi connectivity index (χ4v) is 1.57. The maximum Gasteiger partial charge on any atom is 0.422 e. The van der Waals surface area contributed by atoms with Crippen molar-refractivity contribution in [3.8, 4) is 16.9 Å². The molecule has 0 bridgehead atoms. The monoisotopic (exact) mass is 270 g/mol. The summed E-state index contributed by atoms with van der Waals surface area (Å²) in [5.41, 5.74) is 1.48. The molecule has 0 aliphatic heterocycles. The Morgan fingerprint density at radius 2 is 2.05 bits per heavy atom. The lowest BCUT2D eigenvalue weighted by molar-refractivity contribution is -0.153. The first-order chi connectivity index (χ1) is 8.99. The van der Waals surface area contributed by atoms with Gasteiger partial charge in [-0.15, -0.1) is 0 Å². The Balaban J connectivity index is 2.24. The van der Waals surface area contributed by atoms with E-state index in [1.807, 2.05) is 0 Å². The molecule has 0 unspecified atom stereocenters. The van der Waals surface area contributed by atoms with Crippen LogP contribution in [0.1, 0.15) is 10.4 Å². The highest BCUT2D eigenvalue weighted by atomic mass is 19.4. The molecule has 0 fully saturated rings. The zero-order chi connectivity index (χ0) is 13.9. The molecule has 1 aromatic carbocycles.